The van der Waals surface area contributed by atoms with Crippen molar-refractivity contribution in [3.05, 3.63) is 0 Å². The average molecular weight is 300 g/mol. The van der Waals surface area contributed by atoms with Crippen LogP contribution in [0, 0.1) is 0 Å². The smallest absolute Gasteiger partial charge is 0.326 e. The van der Waals surface area contributed by atoms with Crippen LogP contribution in [-0.2, 0) is 9.53 Å². The van der Waals surface area contributed by atoms with Crippen LogP contribution < -0.4 is 5.32 Å². The normalized spacial score (nSPS) is 14.2. The Morgan fingerprint density at radius 2 is 1.76 bits per heavy atom. The summed E-state index contributed by atoms with van der Waals surface area (Å²) in [6.45, 7) is 11.6. The molecule has 0 saturated heterocycles. The molecule has 0 radical (unpaired) electrons. The zero-order valence-corrected chi connectivity index (χ0v) is 14.8. The van der Waals surface area contributed by atoms with Crippen LogP contribution in [-0.4, -0.2) is 49.7 Å². The molecule has 4 nitrogen and oxygen atoms in total. The third-order valence-electron chi connectivity index (χ3n) is 3.85. The number of nitrogens with one attached hydrogen (secondary N) is 1. The zero-order chi connectivity index (χ0) is 16.1. The van der Waals surface area contributed by atoms with Gasteiger partial charge in [-0.15, -0.1) is 0 Å². The van der Waals surface area contributed by atoms with E-state index in [0.29, 0.717) is 6.61 Å². The SMILES string of the molecule is CCCCCN(C)CCCC(C)(NCCC)C(=O)OCC. The lowest BCUT2D eigenvalue weighted by Crippen LogP contribution is -2.51. The van der Waals surface area contributed by atoms with E-state index in [4.69, 9.17) is 4.74 Å². The maximum atomic E-state index is 12.2. The number of carbonyl (C=O) groups excluding carboxylic acids is 1. The molecule has 21 heavy (non-hydrogen) atoms. The van der Waals surface area contributed by atoms with Crippen molar-refractivity contribution < 1.29 is 9.53 Å². The molecular weight excluding hydrogens is 264 g/mol. The molecule has 1 atom stereocenters. The van der Waals surface area contributed by atoms with E-state index in [1.807, 2.05) is 13.8 Å². The van der Waals surface area contributed by atoms with Gasteiger partial charge in [0.15, 0.2) is 0 Å². The fourth-order valence-electron chi connectivity index (χ4n) is 2.40. The lowest BCUT2D eigenvalue weighted by molar-refractivity contribution is -0.150. The molecule has 0 spiro atoms. The number of esters is 1. The second kappa shape index (κ2) is 12.0. The summed E-state index contributed by atoms with van der Waals surface area (Å²) in [4.78, 5) is 14.5. The van der Waals surface area contributed by atoms with Gasteiger partial charge in [-0.1, -0.05) is 26.7 Å². The average Bonchev–Trinajstić information content (AvgIpc) is 2.45. The Bertz CT molecular complexity index is 272. The van der Waals surface area contributed by atoms with E-state index in [2.05, 4.69) is 31.1 Å². The third kappa shape index (κ3) is 9.10. The van der Waals surface area contributed by atoms with Gasteiger partial charge in [0.1, 0.15) is 5.54 Å². The van der Waals surface area contributed by atoms with Gasteiger partial charge >= 0.3 is 5.97 Å². The quantitative estimate of drug-likeness (QED) is 0.419. The second-order valence-corrected chi connectivity index (χ2v) is 6.09. The third-order valence-corrected chi connectivity index (χ3v) is 3.85. The fraction of sp³-hybridized carbons (Fsp3) is 0.941. The van der Waals surface area contributed by atoms with E-state index in [0.717, 1.165) is 38.9 Å². The van der Waals surface area contributed by atoms with E-state index in [9.17, 15) is 4.79 Å². The van der Waals surface area contributed by atoms with Crippen LogP contribution in [0.1, 0.15) is 66.2 Å². The van der Waals surface area contributed by atoms with Crippen molar-refractivity contribution in [3.63, 3.8) is 0 Å². The fourth-order valence-corrected chi connectivity index (χ4v) is 2.40. The summed E-state index contributed by atoms with van der Waals surface area (Å²) in [5.74, 6) is -0.118. The Balaban J connectivity index is 4.19. The van der Waals surface area contributed by atoms with Crippen LogP contribution in [0.4, 0.5) is 0 Å². The highest BCUT2D eigenvalue weighted by molar-refractivity contribution is 5.80. The van der Waals surface area contributed by atoms with Crippen LogP contribution in [0.2, 0.25) is 0 Å². The number of hydrogen-bond acceptors (Lipinski definition) is 4. The van der Waals surface area contributed by atoms with E-state index >= 15 is 0 Å². The van der Waals surface area contributed by atoms with Crippen LogP contribution in [0.25, 0.3) is 0 Å². The first-order valence-corrected chi connectivity index (χ1v) is 8.61. The predicted octanol–water partition coefficient (Wildman–Crippen LogP) is 3.21. The topological polar surface area (TPSA) is 41.6 Å². The van der Waals surface area contributed by atoms with Crippen LogP contribution in [0.5, 0.6) is 0 Å². The molecule has 0 aromatic heterocycles. The highest BCUT2D eigenvalue weighted by atomic mass is 16.5. The highest BCUT2D eigenvalue weighted by Crippen LogP contribution is 2.15. The minimum Gasteiger partial charge on any atom is -0.465 e. The Kier molecular flexibility index (Phi) is 11.6. The van der Waals surface area contributed by atoms with Gasteiger partial charge < -0.3 is 15.0 Å². The molecule has 0 fully saturated rings. The molecule has 0 rings (SSSR count). The van der Waals surface area contributed by atoms with Gasteiger partial charge in [-0.3, -0.25) is 4.79 Å². The van der Waals surface area contributed by atoms with Gasteiger partial charge in [0.25, 0.3) is 0 Å². The number of nitrogens with zero attached hydrogens (tertiary/aromatic N) is 1. The first kappa shape index (κ1) is 20.4. The standard InChI is InChI=1S/C17H36N2O2/c1-6-9-10-14-19(5)15-11-12-17(4,18-13-7-2)16(20)21-8-3/h18H,6-15H2,1-5H3. The summed E-state index contributed by atoms with van der Waals surface area (Å²) >= 11 is 0. The summed E-state index contributed by atoms with van der Waals surface area (Å²) < 4.78 is 5.23. The minimum absolute atomic E-state index is 0.118. The Hall–Kier alpha value is -0.610. The summed E-state index contributed by atoms with van der Waals surface area (Å²) in [6.07, 6.45) is 6.67. The van der Waals surface area contributed by atoms with Crippen molar-refractivity contribution in [1.29, 1.82) is 0 Å². The van der Waals surface area contributed by atoms with Crippen LogP contribution >= 0.6 is 0 Å². The van der Waals surface area contributed by atoms with Crippen molar-refractivity contribution in [2.24, 2.45) is 0 Å². The lowest BCUT2D eigenvalue weighted by Gasteiger charge is -2.29. The number of rotatable bonds is 13. The molecule has 1 unspecified atom stereocenters. The van der Waals surface area contributed by atoms with Gasteiger partial charge in [-0.2, -0.15) is 0 Å². The van der Waals surface area contributed by atoms with E-state index in [1.165, 1.54) is 19.3 Å². The highest BCUT2D eigenvalue weighted by Gasteiger charge is 2.33. The maximum Gasteiger partial charge on any atom is 0.326 e. The largest absolute Gasteiger partial charge is 0.465 e. The maximum absolute atomic E-state index is 12.2. The predicted molar refractivity (Wildman–Crippen MR) is 89.6 cm³/mol. The molecule has 4 heteroatoms. The Morgan fingerprint density at radius 3 is 2.33 bits per heavy atom. The minimum atomic E-state index is -0.545. The number of hydrogen-bond donors (Lipinski definition) is 1. The Labute approximate surface area is 131 Å². The van der Waals surface area contributed by atoms with Gasteiger partial charge in [0.05, 0.1) is 6.61 Å². The summed E-state index contributed by atoms with van der Waals surface area (Å²) in [7, 11) is 2.16. The molecular formula is C17H36N2O2. The Morgan fingerprint density at radius 1 is 1.10 bits per heavy atom. The van der Waals surface area contributed by atoms with Gasteiger partial charge in [-0.05, 0) is 66.2 Å². The molecule has 0 heterocycles. The monoisotopic (exact) mass is 300 g/mol. The van der Waals surface area contributed by atoms with Crippen molar-refractivity contribution in [1.82, 2.24) is 10.2 Å². The molecule has 0 aromatic rings. The van der Waals surface area contributed by atoms with Gasteiger partial charge in [-0.25, -0.2) is 0 Å². The molecule has 0 aliphatic rings. The molecule has 0 aliphatic heterocycles. The van der Waals surface area contributed by atoms with Crippen LogP contribution in [0.3, 0.4) is 0 Å². The lowest BCUT2D eigenvalue weighted by atomic mass is 9.95. The van der Waals surface area contributed by atoms with Gasteiger partial charge in [0, 0.05) is 0 Å². The number of carbonyl (C=O) groups is 1. The van der Waals surface area contributed by atoms with Crippen molar-refractivity contribution in [2.75, 3.05) is 33.3 Å². The zero-order valence-electron chi connectivity index (χ0n) is 14.8. The van der Waals surface area contributed by atoms with Crippen molar-refractivity contribution in [3.8, 4) is 0 Å². The summed E-state index contributed by atoms with van der Waals surface area (Å²) in [5.41, 5.74) is -0.545. The van der Waals surface area contributed by atoms with Crippen molar-refractivity contribution >= 4 is 5.97 Å². The molecule has 0 amide bonds. The van der Waals surface area contributed by atoms with Crippen LogP contribution in [0.15, 0.2) is 0 Å². The molecule has 0 bridgehead atoms. The first-order valence-electron chi connectivity index (χ1n) is 8.61. The van der Waals surface area contributed by atoms with Crippen molar-refractivity contribution in [2.45, 2.75) is 71.8 Å². The number of ether oxygens (including phenoxy) is 1. The summed E-state index contributed by atoms with van der Waals surface area (Å²) in [5, 5.41) is 3.36. The van der Waals surface area contributed by atoms with Gasteiger partial charge in [0.2, 0.25) is 0 Å². The molecule has 126 valence electrons. The first-order chi connectivity index (χ1) is 10.00. The number of unbranched alkanes of at least 4 members (excludes halogenated alkanes) is 2. The van der Waals surface area contributed by atoms with E-state index in [1.54, 1.807) is 0 Å². The molecule has 1 N–H and O–H groups in total. The molecule has 0 saturated carbocycles. The summed E-state index contributed by atoms with van der Waals surface area (Å²) in [6, 6.07) is 0. The van der Waals surface area contributed by atoms with E-state index < -0.39 is 5.54 Å². The molecule has 0 aliphatic carbocycles. The second-order valence-electron chi connectivity index (χ2n) is 6.09. The van der Waals surface area contributed by atoms with E-state index in [-0.39, 0.29) is 5.97 Å². The molecule has 0 aromatic carbocycles.